The summed E-state index contributed by atoms with van der Waals surface area (Å²) >= 11 is 0. The first kappa shape index (κ1) is 47.1. The van der Waals surface area contributed by atoms with Gasteiger partial charge in [0.25, 0.3) is 0 Å². The molecule has 0 N–H and O–H groups in total. The number of fused-ring (bicyclic) bond motifs is 8. The lowest BCUT2D eigenvalue weighted by atomic mass is 9.81. The van der Waals surface area contributed by atoms with Crippen molar-refractivity contribution in [3.8, 4) is 22.3 Å². The first-order valence-electron chi connectivity index (χ1n) is 26.5. The number of hydrogen-bond donors (Lipinski definition) is 0. The molecule has 0 aromatic heterocycles. The van der Waals surface area contributed by atoms with Gasteiger partial charge in [-0.2, -0.15) is 0 Å². The van der Waals surface area contributed by atoms with Crippen LogP contribution in [0.25, 0.3) is 56.0 Å². The van der Waals surface area contributed by atoms with Gasteiger partial charge in [-0.05, 0) is 149 Å². The molecule has 10 aromatic rings. The minimum atomic E-state index is -0.202. The maximum Gasteiger partial charge on any atom is 0.0540 e. The third-order valence-electron chi connectivity index (χ3n) is 16.4. The second kappa shape index (κ2) is 17.3. The number of rotatable bonds is 8. The van der Waals surface area contributed by atoms with Crippen LogP contribution in [0.2, 0.25) is 0 Å². The van der Waals surface area contributed by atoms with Gasteiger partial charge in [0.1, 0.15) is 0 Å². The average molecular weight is 959 g/mol. The molecule has 2 aliphatic carbocycles. The molecule has 0 aliphatic heterocycles. The minimum absolute atomic E-state index is 0.0694. The van der Waals surface area contributed by atoms with Crippen molar-refractivity contribution in [2.24, 2.45) is 0 Å². The molecular formula is C72H66N2. The van der Waals surface area contributed by atoms with E-state index in [0.717, 1.165) is 22.7 Å². The molecule has 12 rings (SSSR count). The second-order valence-corrected chi connectivity index (χ2v) is 23.9. The van der Waals surface area contributed by atoms with Gasteiger partial charge in [0.2, 0.25) is 0 Å². The molecule has 10 aromatic carbocycles. The summed E-state index contributed by atoms with van der Waals surface area (Å²) in [5.74, 6) is 0. The van der Waals surface area contributed by atoms with E-state index < -0.39 is 0 Å². The zero-order valence-electron chi connectivity index (χ0n) is 44.7. The lowest BCUT2D eigenvalue weighted by Gasteiger charge is -2.30. The van der Waals surface area contributed by atoms with Crippen LogP contribution in [0.1, 0.15) is 114 Å². The fraction of sp³-hybridized carbons (Fsp3) is 0.194. The van der Waals surface area contributed by atoms with E-state index in [1.807, 2.05) is 0 Å². The highest BCUT2D eigenvalue weighted by molar-refractivity contribution is 6.01. The van der Waals surface area contributed by atoms with Crippen molar-refractivity contribution in [3.63, 3.8) is 0 Å². The molecule has 2 aliphatic rings. The van der Waals surface area contributed by atoms with Gasteiger partial charge in [0.05, 0.1) is 11.4 Å². The zero-order chi connectivity index (χ0) is 51.3. The molecule has 0 spiro atoms. The highest BCUT2D eigenvalue weighted by atomic mass is 15.1. The summed E-state index contributed by atoms with van der Waals surface area (Å²) < 4.78 is 0. The Kier molecular flexibility index (Phi) is 11.0. The van der Waals surface area contributed by atoms with Crippen LogP contribution in [-0.4, -0.2) is 0 Å². The van der Waals surface area contributed by atoms with E-state index in [9.17, 15) is 0 Å². The van der Waals surface area contributed by atoms with Crippen molar-refractivity contribution >= 4 is 67.8 Å². The van der Waals surface area contributed by atoms with E-state index in [4.69, 9.17) is 0 Å². The Labute approximate surface area is 439 Å². The van der Waals surface area contributed by atoms with Crippen LogP contribution < -0.4 is 9.80 Å². The Morgan fingerprint density at radius 1 is 0.324 bits per heavy atom. The van der Waals surface area contributed by atoms with Gasteiger partial charge in [-0.1, -0.05) is 227 Å². The van der Waals surface area contributed by atoms with Crippen LogP contribution in [0.15, 0.2) is 206 Å². The molecular weight excluding hydrogens is 893 g/mol. The number of anilines is 6. The molecule has 0 fully saturated rings. The molecule has 0 atom stereocenters. The number of nitrogens with zero attached hydrogens (tertiary/aromatic N) is 2. The van der Waals surface area contributed by atoms with Crippen molar-refractivity contribution in [3.05, 3.63) is 251 Å². The van der Waals surface area contributed by atoms with Gasteiger partial charge in [0, 0.05) is 44.4 Å². The van der Waals surface area contributed by atoms with Crippen molar-refractivity contribution in [1.29, 1.82) is 0 Å². The molecule has 0 saturated heterocycles. The summed E-state index contributed by atoms with van der Waals surface area (Å²) in [7, 11) is 0. The lowest BCUT2D eigenvalue weighted by Crippen LogP contribution is -2.17. The van der Waals surface area contributed by atoms with Crippen molar-refractivity contribution in [2.45, 2.75) is 90.9 Å². The smallest absolute Gasteiger partial charge is 0.0540 e. The topological polar surface area (TPSA) is 6.48 Å². The quantitative estimate of drug-likeness (QED) is 0.140. The van der Waals surface area contributed by atoms with Crippen LogP contribution >= 0.6 is 0 Å². The van der Waals surface area contributed by atoms with Crippen molar-refractivity contribution in [1.82, 2.24) is 0 Å². The Morgan fingerprint density at radius 3 is 1.03 bits per heavy atom. The Hall–Kier alpha value is -7.94. The Balaban J connectivity index is 0.853. The molecule has 2 heteroatoms. The molecule has 0 radical (unpaired) electrons. The highest BCUT2D eigenvalue weighted by Crippen LogP contribution is 2.54. The SMILES string of the molecule is CC(C)(C)c1ccc(N(c2ccc3c(c2)C(C)(C)c2cc(C=Cc4ccc5c(c4)C(C)(C)c4cc(N(c6ccc(C(C)(C)C)cc6)c6cccc7ccccc67)ccc4-5)ccc2-3)c2cccc3ccccc23)cc1. The van der Waals surface area contributed by atoms with Gasteiger partial charge in [-0.3, -0.25) is 0 Å². The van der Waals surface area contributed by atoms with Crippen molar-refractivity contribution in [2.75, 3.05) is 9.80 Å². The summed E-state index contributed by atoms with van der Waals surface area (Å²) in [6, 6.07) is 77.5. The van der Waals surface area contributed by atoms with Gasteiger partial charge >= 0.3 is 0 Å². The van der Waals surface area contributed by atoms with Crippen LogP contribution in [0, 0.1) is 0 Å². The fourth-order valence-corrected chi connectivity index (χ4v) is 12.0. The molecule has 0 amide bonds. The molecule has 364 valence electrons. The molecule has 0 bridgehead atoms. The first-order valence-corrected chi connectivity index (χ1v) is 26.5. The molecule has 0 heterocycles. The van der Waals surface area contributed by atoms with Crippen LogP contribution in [0.4, 0.5) is 34.1 Å². The summed E-state index contributed by atoms with van der Waals surface area (Å²) in [6.45, 7) is 23.3. The molecule has 2 nitrogen and oxygen atoms in total. The Morgan fingerprint density at radius 2 is 0.649 bits per heavy atom. The van der Waals surface area contributed by atoms with E-state index in [1.54, 1.807) is 0 Å². The molecule has 0 saturated carbocycles. The number of hydrogen-bond acceptors (Lipinski definition) is 2. The second-order valence-electron chi connectivity index (χ2n) is 23.9. The average Bonchev–Trinajstić information content (AvgIpc) is 3.76. The number of benzene rings is 10. The predicted octanol–water partition coefficient (Wildman–Crippen LogP) is 20.3. The van der Waals surface area contributed by atoms with E-state index in [2.05, 4.69) is 297 Å². The predicted molar refractivity (Wildman–Crippen MR) is 319 cm³/mol. The first-order chi connectivity index (χ1) is 35.4. The van der Waals surface area contributed by atoms with E-state index in [-0.39, 0.29) is 21.7 Å². The van der Waals surface area contributed by atoms with Crippen LogP contribution in [0.3, 0.4) is 0 Å². The lowest BCUT2D eigenvalue weighted by molar-refractivity contribution is 0.590. The monoisotopic (exact) mass is 959 g/mol. The molecule has 74 heavy (non-hydrogen) atoms. The third-order valence-corrected chi connectivity index (χ3v) is 16.4. The van der Waals surface area contributed by atoms with Gasteiger partial charge < -0.3 is 9.80 Å². The summed E-state index contributed by atoms with van der Waals surface area (Å²) in [6.07, 6.45) is 4.60. The Bertz CT molecular complexity index is 3590. The van der Waals surface area contributed by atoms with Gasteiger partial charge in [-0.25, -0.2) is 0 Å². The standard InChI is InChI=1S/C72H66N2/c1-69(2,3)51-29-33-53(34-30-51)73(67-23-15-19-49-17-11-13-21-57(49)67)55-37-41-61-59-39-27-47(43-63(59)71(7,8)65(61)45-55)25-26-48-28-40-60-62-42-38-56(46-66(62)72(9,10)64(60)44-48)74(54-35-31-52(32-36-54)70(4,5)6)68-24-16-20-50-18-12-14-22-58(50)68/h11-46H,1-10H3. The van der Waals surface area contributed by atoms with Gasteiger partial charge in [0.15, 0.2) is 0 Å². The van der Waals surface area contributed by atoms with E-state index in [1.165, 1.54) is 99.7 Å². The summed E-state index contributed by atoms with van der Waals surface area (Å²) in [5.41, 5.74) is 22.5. The third kappa shape index (κ3) is 7.95. The fourth-order valence-electron chi connectivity index (χ4n) is 12.0. The van der Waals surface area contributed by atoms with Crippen LogP contribution in [-0.2, 0) is 21.7 Å². The van der Waals surface area contributed by atoms with E-state index >= 15 is 0 Å². The molecule has 0 unspecified atom stereocenters. The minimum Gasteiger partial charge on any atom is -0.310 e. The normalized spacial score (nSPS) is 14.2. The highest BCUT2D eigenvalue weighted by Gasteiger charge is 2.38. The maximum absolute atomic E-state index is 2.45. The van der Waals surface area contributed by atoms with Gasteiger partial charge in [-0.15, -0.1) is 0 Å². The van der Waals surface area contributed by atoms with Crippen molar-refractivity contribution < 1.29 is 0 Å². The summed E-state index contributed by atoms with van der Waals surface area (Å²) in [5, 5.41) is 4.93. The largest absolute Gasteiger partial charge is 0.310 e. The summed E-state index contributed by atoms with van der Waals surface area (Å²) in [4.78, 5) is 4.90. The van der Waals surface area contributed by atoms with Crippen LogP contribution in [0.5, 0.6) is 0 Å². The zero-order valence-corrected chi connectivity index (χ0v) is 44.7. The maximum atomic E-state index is 2.45. The van der Waals surface area contributed by atoms with E-state index in [0.29, 0.717) is 0 Å².